The van der Waals surface area contributed by atoms with Crippen LogP contribution >= 0.6 is 7.37 Å². The lowest BCUT2D eigenvalue weighted by Crippen LogP contribution is -2.15. The average Bonchev–Trinajstić information content (AvgIpc) is 2.37. The molecular formula is C16H29O4P. The van der Waals surface area contributed by atoms with Crippen LogP contribution in [0.3, 0.4) is 0 Å². The van der Waals surface area contributed by atoms with E-state index in [1.165, 1.54) is 19.3 Å². The van der Waals surface area contributed by atoms with Crippen LogP contribution in [0.5, 0.6) is 0 Å². The van der Waals surface area contributed by atoms with Crippen molar-refractivity contribution in [3.8, 4) is 0 Å². The average molecular weight is 316 g/mol. The van der Waals surface area contributed by atoms with Gasteiger partial charge in [-0.25, -0.2) is 4.79 Å². The van der Waals surface area contributed by atoms with Gasteiger partial charge in [0.2, 0.25) is 7.37 Å². The summed E-state index contributed by atoms with van der Waals surface area (Å²) >= 11 is 0. The van der Waals surface area contributed by atoms with Crippen LogP contribution in [0.15, 0.2) is 11.6 Å². The fraction of sp³-hybridized carbons (Fsp3) is 0.812. The summed E-state index contributed by atoms with van der Waals surface area (Å²) in [6, 6.07) is 0. The molecule has 0 bridgehead atoms. The Kier molecular flexibility index (Phi) is 7.69. The smallest absolute Gasteiger partial charge is 0.334 e. The van der Waals surface area contributed by atoms with Gasteiger partial charge in [-0.1, -0.05) is 39.2 Å². The highest BCUT2D eigenvalue weighted by Gasteiger charge is 2.26. The SMILES string of the molecule is CCOC(=O)/C(=C\C1CCCCC1)CP(=O)(O)CC(C)C. The first-order valence-corrected chi connectivity index (χ1v) is 10.1. The van der Waals surface area contributed by atoms with Crippen LogP contribution in [-0.2, 0) is 14.1 Å². The van der Waals surface area contributed by atoms with E-state index < -0.39 is 13.3 Å². The van der Waals surface area contributed by atoms with E-state index in [0.29, 0.717) is 18.1 Å². The number of rotatable bonds is 7. The van der Waals surface area contributed by atoms with Crippen LogP contribution in [0.25, 0.3) is 0 Å². The van der Waals surface area contributed by atoms with Gasteiger partial charge in [0.25, 0.3) is 0 Å². The minimum absolute atomic E-state index is 0.0550. The Hall–Kier alpha value is -0.600. The Morgan fingerprint density at radius 2 is 1.95 bits per heavy atom. The molecule has 0 aromatic carbocycles. The minimum Gasteiger partial charge on any atom is -0.463 e. The molecule has 0 spiro atoms. The van der Waals surface area contributed by atoms with E-state index in [-0.39, 0.29) is 18.2 Å². The summed E-state index contributed by atoms with van der Waals surface area (Å²) in [7, 11) is -3.32. The molecule has 1 aliphatic carbocycles. The van der Waals surface area contributed by atoms with Gasteiger partial charge in [0.15, 0.2) is 0 Å². The summed E-state index contributed by atoms with van der Waals surface area (Å²) in [5, 5.41) is 0. The lowest BCUT2D eigenvalue weighted by molar-refractivity contribution is -0.138. The summed E-state index contributed by atoms with van der Waals surface area (Å²) < 4.78 is 17.3. The minimum atomic E-state index is -3.32. The van der Waals surface area contributed by atoms with Crippen molar-refractivity contribution >= 4 is 13.3 Å². The largest absolute Gasteiger partial charge is 0.463 e. The summed E-state index contributed by atoms with van der Waals surface area (Å²) in [5.41, 5.74) is 0.398. The molecule has 122 valence electrons. The lowest BCUT2D eigenvalue weighted by Gasteiger charge is -2.21. The van der Waals surface area contributed by atoms with E-state index in [2.05, 4.69) is 0 Å². The summed E-state index contributed by atoms with van der Waals surface area (Å²) in [6.45, 7) is 5.87. The third kappa shape index (κ3) is 7.28. The molecule has 0 heterocycles. The van der Waals surface area contributed by atoms with Crippen molar-refractivity contribution < 1.29 is 19.0 Å². The maximum absolute atomic E-state index is 12.3. The van der Waals surface area contributed by atoms with Gasteiger partial charge >= 0.3 is 5.97 Å². The number of allylic oxidation sites excluding steroid dienone is 1. The van der Waals surface area contributed by atoms with Gasteiger partial charge in [-0.05, 0) is 31.6 Å². The Balaban J connectivity index is 2.83. The standard InChI is InChI=1S/C16H29O4P/c1-4-20-16(17)15(10-14-8-6-5-7-9-14)12-21(18,19)11-13(2)3/h10,13-14H,4-9,11-12H2,1-3H3,(H,18,19)/b15-10-. The molecule has 1 N–H and O–H groups in total. The highest BCUT2D eigenvalue weighted by molar-refractivity contribution is 7.58. The summed E-state index contributed by atoms with van der Waals surface area (Å²) in [5.74, 6) is 0.0530. The van der Waals surface area contributed by atoms with Crippen molar-refractivity contribution in [2.24, 2.45) is 11.8 Å². The predicted octanol–water partition coefficient (Wildman–Crippen LogP) is 3.98. The fourth-order valence-corrected chi connectivity index (χ4v) is 4.93. The zero-order chi connectivity index (χ0) is 15.9. The molecule has 0 aromatic rings. The molecule has 4 nitrogen and oxygen atoms in total. The Bertz CT molecular complexity index is 409. The Labute approximate surface area is 128 Å². The van der Waals surface area contributed by atoms with Crippen LogP contribution in [0.4, 0.5) is 0 Å². The highest BCUT2D eigenvalue weighted by atomic mass is 31.2. The zero-order valence-corrected chi connectivity index (χ0v) is 14.4. The van der Waals surface area contributed by atoms with Gasteiger partial charge in [-0.15, -0.1) is 0 Å². The molecule has 0 amide bonds. The van der Waals surface area contributed by atoms with Crippen LogP contribution < -0.4 is 0 Å². The number of ether oxygens (including phenoxy) is 1. The van der Waals surface area contributed by atoms with Crippen molar-refractivity contribution in [1.82, 2.24) is 0 Å². The van der Waals surface area contributed by atoms with Gasteiger partial charge in [-0.3, -0.25) is 4.57 Å². The number of hydrogen-bond acceptors (Lipinski definition) is 3. The Morgan fingerprint density at radius 3 is 2.48 bits per heavy atom. The highest BCUT2D eigenvalue weighted by Crippen LogP contribution is 2.44. The van der Waals surface area contributed by atoms with Crippen LogP contribution in [0.1, 0.15) is 52.9 Å². The van der Waals surface area contributed by atoms with E-state index in [4.69, 9.17) is 4.74 Å². The summed E-state index contributed by atoms with van der Waals surface area (Å²) in [4.78, 5) is 22.2. The quantitative estimate of drug-likeness (QED) is 0.438. The van der Waals surface area contributed by atoms with E-state index in [1.54, 1.807) is 6.92 Å². The second-order valence-corrected chi connectivity index (χ2v) is 8.77. The third-order valence-electron chi connectivity index (χ3n) is 3.69. The number of esters is 1. The van der Waals surface area contributed by atoms with Gasteiger partial charge in [0.05, 0.1) is 12.8 Å². The first kappa shape index (κ1) is 18.4. The molecule has 0 aliphatic heterocycles. The second kappa shape index (κ2) is 8.75. The van der Waals surface area contributed by atoms with Gasteiger partial charge in [0, 0.05) is 11.7 Å². The molecule has 5 heteroatoms. The van der Waals surface area contributed by atoms with Crippen molar-refractivity contribution in [2.75, 3.05) is 18.9 Å². The topological polar surface area (TPSA) is 63.6 Å². The molecule has 1 aliphatic rings. The van der Waals surface area contributed by atoms with Crippen molar-refractivity contribution in [3.05, 3.63) is 11.6 Å². The molecule has 1 fully saturated rings. The molecule has 0 aromatic heterocycles. The van der Waals surface area contributed by atoms with Crippen molar-refractivity contribution in [2.45, 2.75) is 52.9 Å². The first-order valence-electron chi connectivity index (χ1n) is 8.02. The van der Waals surface area contributed by atoms with Crippen molar-refractivity contribution in [1.29, 1.82) is 0 Å². The van der Waals surface area contributed by atoms with Crippen LogP contribution in [0.2, 0.25) is 0 Å². The van der Waals surface area contributed by atoms with Gasteiger partial charge < -0.3 is 9.63 Å². The van der Waals surface area contributed by atoms with E-state index in [9.17, 15) is 14.3 Å². The molecule has 1 saturated carbocycles. The first-order chi connectivity index (χ1) is 9.84. The second-order valence-electron chi connectivity index (χ2n) is 6.39. The van der Waals surface area contributed by atoms with E-state index >= 15 is 0 Å². The fourth-order valence-electron chi connectivity index (χ4n) is 2.90. The van der Waals surface area contributed by atoms with Crippen LogP contribution in [0, 0.1) is 11.8 Å². The number of hydrogen-bond donors (Lipinski definition) is 1. The molecule has 1 rings (SSSR count). The predicted molar refractivity (Wildman–Crippen MR) is 85.7 cm³/mol. The molecule has 21 heavy (non-hydrogen) atoms. The normalized spacial score (nSPS) is 20.3. The Morgan fingerprint density at radius 1 is 1.33 bits per heavy atom. The summed E-state index contributed by atoms with van der Waals surface area (Å²) in [6.07, 6.45) is 7.78. The molecule has 0 saturated heterocycles. The maximum atomic E-state index is 12.3. The van der Waals surface area contributed by atoms with Crippen molar-refractivity contribution in [3.63, 3.8) is 0 Å². The maximum Gasteiger partial charge on any atom is 0.334 e. The molecular weight excluding hydrogens is 287 g/mol. The molecule has 1 atom stereocenters. The lowest BCUT2D eigenvalue weighted by atomic mass is 9.88. The van der Waals surface area contributed by atoms with E-state index in [1.807, 2.05) is 19.9 Å². The molecule has 0 radical (unpaired) electrons. The van der Waals surface area contributed by atoms with Gasteiger partial charge in [0.1, 0.15) is 0 Å². The number of carbonyl (C=O) groups is 1. The monoisotopic (exact) mass is 316 g/mol. The zero-order valence-electron chi connectivity index (χ0n) is 13.5. The number of carbonyl (C=O) groups excluding carboxylic acids is 1. The third-order valence-corrected chi connectivity index (χ3v) is 5.83. The molecule has 1 unspecified atom stereocenters. The van der Waals surface area contributed by atoms with Crippen LogP contribution in [-0.4, -0.2) is 29.8 Å². The van der Waals surface area contributed by atoms with E-state index in [0.717, 1.165) is 12.8 Å². The van der Waals surface area contributed by atoms with Gasteiger partial charge in [-0.2, -0.15) is 0 Å².